The molecule has 4 nitrogen and oxygen atoms in total. The Morgan fingerprint density at radius 3 is 3.00 bits per heavy atom. The minimum Gasteiger partial charge on any atom is -0.461 e. The summed E-state index contributed by atoms with van der Waals surface area (Å²) in [6.07, 6.45) is 7.41. The molecule has 0 aromatic rings. The molecule has 2 atom stereocenters. The summed E-state index contributed by atoms with van der Waals surface area (Å²) in [5, 5.41) is 0. The van der Waals surface area contributed by atoms with Gasteiger partial charge in [-0.05, 0) is 31.4 Å². The van der Waals surface area contributed by atoms with E-state index in [0.717, 1.165) is 24.8 Å². The van der Waals surface area contributed by atoms with E-state index in [4.69, 9.17) is 9.47 Å². The summed E-state index contributed by atoms with van der Waals surface area (Å²) >= 11 is 0. The van der Waals surface area contributed by atoms with Crippen molar-refractivity contribution in [2.75, 3.05) is 13.7 Å². The Morgan fingerprint density at radius 1 is 1.56 bits per heavy atom. The van der Waals surface area contributed by atoms with E-state index in [2.05, 4.69) is 0 Å². The zero-order valence-corrected chi connectivity index (χ0v) is 10.8. The normalized spacial score (nSPS) is 30.7. The van der Waals surface area contributed by atoms with Gasteiger partial charge in [-0.15, -0.1) is 0 Å². The molecule has 2 rings (SSSR count). The van der Waals surface area contributed by atoms with Crippen molar-refractivity contribution in [3.8, 4) is 0 Å². The van der Waals surface area contributed by atoms with E-state index in [9.17, 15) is 9.59 Å². The number of carbonyl (C=O) groups excluding carboxylic acids is 2. The number of ether oxygens (including phenoxy) is 2. The average Bonchev–Trinajstić information content (AvgIpc) is 2.31. The summed E-state index contributed by atoms with van der Waals surface area (Å²) in [5.41, 5.74) is 0.571. The highest BCUT2D eigenvalue weighted by Crippen LogP contribution is 2.45. The lowest BCUT2D eigenvalue weighted by Crippen LogP contribution is -2.45. The maximum Gasteiger partial charge on any atom is 0.302 e. The molecule has 2 aliphatic carbocycles. The molecular formula is C14H18O4. The molecule has 0 spiro atoms. The van der Waals surface area contributed by atoms with Gasteiger partial charge in [0.25, 0.3) is 0 Å². The van der Waals surface area contributed by atoms with Crippen LogP contribution in [0.3, 0.4) is 0 Å². The van der Waals surface area contributed by atoms with Crippen LogP contribution in [0, 0.1) is 5.41 Å². The van der Waals surface area contributed by atoms with Crippen LogP contribution in [0.25, 0.3) is 0 Å². The zero-order chi connectivity index (χ0) is 13.2. The van der Waals surface area contributed by atoms with Crippen LogP contribution in [0.4, 0.5) is 0 Å². The standard InChI is InChI=1S/C14H18O4/c1-10(15)18-13-5-3-4-11-8-12(16)6-7-14(11,13)9-17-2/h6-8,13H,3-5,9H2,1-2H3/t13-,14+/m0/s1. The fourth-order valence-electron chi connectivity index (χ4n) is 2.88. The Kier molecular flexibility index (Phi) is 3.66. The van der Waals surface area contributed by atoms with Crippen molar-refractivity contribution in [3.63, 3.8) is 0 Å². The minimum atomic E-state index is -0.452. The van der Waals surface area contributed by atoms with Crippen molar-refractivity contribution in [1.82, 2.24) is 0 Å². The Balaban J connectivity index is 2.36. The van der Waals surface area contributed by atoms with E-state index in [1.54, 1.807) is 19.3 Å². The highest BCUT2D eigenvalue weighted by Gasteiger charge is 2.46. The molecule has 0 aromatic heterocycles. The minimum absolute atomic E-state index is 0.000188. The molecule has 4 heteroatoms. The van der Waals surface area contributed by atoms with Crippen molar-refractivity contribution in [2.45, 2.75) is 32.3 Å². The third kappa shape index (κ3) is 2.25. The van der Waals surface area contributed by atoms with Crippen LogP contribution in [-0.4, -0.2) is 31.6 Å². The summed E-state index contributed by atoms with van der Waals surface area (Å²) in [5.74, 6) is -0.290. The van der Waals surface area contributed by atoms with Crippen LogP contribution in [0.1, 0.15) is 26.2 Å². The molecule has 0 aliphatic heterocycles. The average molecular weight is 250 g/mol. The van der Waals surface area contributed by atoms with Crippen LogP contribution < -0.4 is 0 Å². The van der Waals surface area contributed by atoms with Gasteiger partial charge in [-0.25, -0.2) is 0 Å². The number of hydrogen-bond acceptors (Lipinski definition) is 4. The van der Waals surface area contributed by atoms with Gasteiger partial charge < -0.3 is 9.47 Å². The monoisotopic (exact) mass is 250 g/mol. The quantitative estimate of drug-likeness (QED) is 0.717. The highest BCUT2D eigenvalue weighted by atomic mass is 16.5. The molecule has 2 aliphatic rings. The van der Waals surface area contributed by atoms with Gasteiger partial charge in [0.15, 0.2) is 5.78 Å². The first-order valence-electron chi connectivity index (χ1n) is 6.19. The van der Waals surface area contributed by atoms with Gasteiger partial charge in [-0.1, -0.05) is 11.6 Å². The number of rotatable bonds is 3. The number of fused-ring (bicyclic) bond motifs is 1. The van der Waals surface area contributed by atoms with Gasteiger partial charge in [0.05, 0.1) is 12.0 Å². The number of carbonyl (C=O) groups is 2. The van der Waals surface area contributed by atoms with Gasteiger partial charge in [0, 0.05) is 14.0 Å². The molecule has 0 radical (unpaired) electrons. The number of hydrogen-bond donors (Lipinski definition) is 0. The SMILES string of the molecule is COC[C@]12C=CC(=O)C=C1CCC[C@@H]2OC(C)=O. The molecule has 0 N–H and O–H groups in total. The number of ketones is 1. The largest absolute Gasteiger partial charge is 0.461 e. The predicted octanol–water partition coefficient (Wildman–Crippen LogP) is 1.80. The Labute approximate surface area is 107 Å². The van der Waals surface area contributed by atoms with E-state index < -0.39 is 5.41 Å². The van der Waals surface area contributed by atoms with Crippen LogP contribution in [-0.2, 0) is 19.1 Å². The van der Waals surface area contributed by atoms with Gasteiger partial charge >= 0.3 is 5.97 Å². The number of esters is 1. The number of methoxy groups -OCH3 is 1. The molecule has 0 aromatic carbocycles. The lowest BCUT2D eigenvalue weighted by molar-refractivity contribution is -0.153. The van der Waals surface area contributed by atoms with E-state index in [-0.39, 0.29) is 17.9 Å². The Hall–Kier alpha value is -1.42. The molecule has 0 heterocycles. The van der Waals surface area contributed by atoms with Crippen molar-refractivity contribution in [3.05, 3.63) is 23.8 Å². The fraction of sp³-hybridized carbons (Fsp3) is 0.571. The van der Waals surface area contributed by atoms with Gasteiger partial charge in [0.2, 0.25) is 0 Å². The molecule has 98 valence electrons. The molecule has 0 saturated heterocycles. The van der Waals surface area contributed by atoms with Crippen molar-refractivity contribution in [1.29, 1.82) is 0 Å². The first kappa shape index (κ1) is 13.0. The van der Waals surface area contributed by atoms with E-state index in [1.807, 2.05) is 6.08 Å². The Morgan fingerprint density at radius 2 is 2.33 bits per heavy atom. The van der Waals surface area contributed by atoms with E-state index >= 15 is 0 Å². The molecular weight excluding hydrogens is 232 g/mol. The second kappa shape index (κ2) is 5.06. The van der Waals surface area contributed by atoms with Gasteiger partial charge in [-0.3, -0.25) is 9.59 Å². The zero-order valence-electron chi connectivity index (χ0n) is 10.8. The molecule has 18 heavy (non-hydrogen) atoms. The maximum absolute atomic E-state index is 11.5. The number of allylic oxidation sites excluding steroid dienone is 2. The van der Waals surface area contributed by atoms with Crippen LogP contribution >= 0.6 is 0 Å². The first-order valence-corrected chi connectivity index (χ1v) is 6.19. The fourth-order valence-corrected chi connectivity index (χ4v) is 2.88. The summed E-state index contributed by atoms with van der Waals surface area (Å²) < 4.78 is 10.7. The first-order chi connectivity index (χ1) is 8.58. The second-order valence-electron chi connectivity index (χ2n) is 4.87. The summed E-state index contributed by atoms with van der Waals surface area (Å²) in [6.45, 7) is 1.84. The molecule has 1 fully saturated rings. The smallest absolute Gasteiger partial charge is 0.302 e. The van der Waals surface area contributed by atoms with Gasteiger partial charge in [-0.2, -0.15) is 0 Å². The lowest BCUT2D eigenvalue weighted by atomic mass is 9.66. The second-order valence-corrected chi connectivity index (χ2v) is 4.87. The Bertz CT molecular complexity index is 422. The predicted molar refractivity (Wildman–Crippen MR) is 65.9 cm³/mol. The van der Waals surface area contributed by atoms with Crippen LogP contribution in [0.2, 0.25) is 0 Å². The molecule has 1 saturated carbocycles. The third-order valence-electron chi connectivity index (χ3n) is 3.64. The van der Waals surface area contributed by atoms with E-state index in [0.29, 0.717) is 6.61 Å². The van der Waals surface area contributed by atoms with E-state index in [1.165, 1.54) is 6.92 Å². The lowest BCUT2D eigenvalue weighted by Gasteiger charge is -2.43. The van der Waals surface area contributed by atoms with Crippen molar-refractivity contribution < 1.29 is 19.1 Å². The summed E-state index contributed by atoms with van der Waals surface area (Å²) in [6, 6.07) is 0. The molecule has 0 amide bonds. The molecule has 0 unspecified atom stereocenters. The third-order valence-corrected chi connectivity index (χ3v) is 3.64. The van der Waals surface area contributed by atoms with Crippen LogP contribution in [0.15, 0.2) is 23.8 Å². The van der Waals surface area contributed by atoms with Crippen molar-refractivity contribution in [2.24, 2.45) is 5.41 Å². The van der Waals surface area contributed by atoms with Crippen LogP contribution in [0.5, 0.6) is 0 Å². The molecule has 0 bridgehead atoms. The topological polar surface area (TPSA) is 52.6 Å². The maximum atomic E-state index is 11.5. The van der Waals surface area contributed by atoms with Crippen molar-refractivity contribution >= 4 is 11.8 Å². The highest BCUT2D eigenvalue weighted by molar-refractivity contribution is 6.01. The van der Waals surface area contributed by atoms with Gasteiger partial charge in [0.1, 0.15) is 6.10 Å². The summed E-state index contributed by atoms with van der Waals surface area (Å²) in [7, 11) is 1.62. The summed E-state index contributed by atoms with van der Waals surface area (Å²) in [4.78, 5) is 22.7.